The number of amides is 2. The van der Waals surface area contributed by atoms with Gasteiger partial charge in [-0.3, -0.25) is 9.59 Å². The molecule has 0 spiro atoms. The minimum atomic E-state index is -0.461. The van der Waals surface area contributed by atoms with Crippen molar-refractivity contribution in [1.29, 1.82) is 0 Å². The second-order valence-electron chi connectivity index (χ2n) is 7.52. The van der Waals surface area contributed by atoms with Crippen LogP contribution in [0, 0.1) is 11.7 Å². The molecule has 31 heavy (non-hydrogen) atoms. The third-order valence-corrected chi connectivity index (χ3v) is 5.49. The number of nitrogens with one attached hydrogen (secondary N) is 1. The highest BCUT2D eigenvalue weighted by atomic mass is 19.1. The van der Waals surface area contributed by atoms with Gasteiger partial charge in [0.05, 0.1) is 25.2 Å². The highest BCUT2D eigenvalue weighted by Crippen LogP contribution is 2.37. The smallest absolute Gasteiger partial charge is 0.225 e. The molecule has 2 atom stereocenters. The standard InChI is InChI=1S/C24H29FN2O4/c1-3-31-20-10-4-17(5-11-20)16-26-24(29)21-12-13-22(28)27(14-15-30-2)23(21)18-6-8-19(25)9-7-18/h4-11,21,23H,3,12-16H2,1-2H3,(H,26,29)/t21-,23+/m1/s1. The normalized spacial score (nSPS) is 18.7. The van der Waals surface area contributed by atoms with Crippen molar-refractivity contribution >= 4 is 11.8 Å². The van der Waals surface area contributed by atoms with Gasteiger partial charge in [-0.05, 0) is 48.7 Å². The molecule has 1 aliphatic rings. The zero-order valence-corrected chi connectivity index (χ0v) is 18.0. The van der Waals surface area contributed by atoms with Crippen LogP contribution in [0.15, 0.2) is 48.5 Å². The van der Waals surface area contributed by atoms with Crippen LogP contribution >= 0.6 is 0 Å². The molecule has 1 fully saturated rings. The molecule has 0 aliphatic carbocycles. The van der Waals surface area contributed by atoms with Crippen LogP contribution in [0.2, 0.25) is 0 Å². The average Bonchev–Trinajstić information content (AvgIpc) is 2.78. The van der Waals surface area contributed by atoms with Crippen molar-refractivity contribution in [2.45, 2.75) is 32.4 Å². The van der Waals surface area contributed by atoms with Gasteiger partial charge in [-0.2, -0.15) is 0 Å². The lowest BCUT2D eigenvalue weighted by Crippen LogP contribution is -2.49. The highest BCUT2D eigenvalue weighted by Gasteiger charge is 2.40. The van der Waals surface area contributed by atoms with Crippen LogP contribution in [0.25, 0.3) is 0 Å². The Balaban J connectivity index is 1.76. The first-order valence-corrected chi connectivity index (χ1v) is 10.6. The molecule has 0 saturated carbocycles. The van der Waals surface area contributed by atoms with Gasteiger partial charge in [0.2, 0.25) is 11.8 Å². The van der Waals surface area contributed by atoms with Gasteiger partial charge in [0.1, 0.15) is 11.6 Å². The summed E-state index contributed by atoms with van der Waals surface area (Å²) < 4.78 is 24.1. The summed E-state index contributed by atoms with van der Waals surface area (Å²) in [6.07, 6.45) is 0.738. The molecule has 2 amide bonds. The van der Waals surface area contributed by atoms with E-state index < -0.39 is 12.0 Å². The van der Waals surface area contributed by atoms with E-state index >= 15 is 0 Å². The summed E-state index contributed by atoms with van der Waals surface area (Å²) in [6.45, 7) is 3.64. The topological polar surface area (TPSA) is 67.9 Å². The van der Waals surface area contributed by atoms with Gasteiger partial charge in [-0.25, -0.2) is 4.39 Å². The van der Waals surface area contributed by atoms with Gasteiger partial charge in [0.25, 0.3) is 0 Å². The number of piperidine rings is 1. The molecule has 2 aromatic carbocycles. The minimum Gasteiger partial charge on any atom is -0.494 e. The van der Waals surface area contributed by atoms with Crippen molar-refractivity contribution in [2.24, 2.45) is 5.92 Å². The third kappa shape index (κ3) is 5.82. The number of ether oxygens (including phenoxy) is 2. The monoisotopic (exact) mass is 428 g/mol. The fraction of sp³-hybridized carbons (Fsp3) is 0.417. The number of hydrogen-bond acceptors (Lipinski definition) is 4. The molecule has 0 unspecified atom stereocenters. The number of rotatable bonds is 9. The number of carbonyl (C=O) groups is 2. The van der Waals surface area contributed by atoms with E-state index in [4.69, 9.17) is 9.47 Å². The summed E-state index contributed by atoms with van der Waals surface area (Å²) in [6, 6.07) is 13.1. The van der Waals surface area contributed by atoms with Gasteiger partial charge < -0.3 is 19.7 Å². The van der Waals surface area contributed by atoms with Crippen LogP contribution in [-0.4, -0.2) is 43.6 Å². The van der Waals surface area contributed by atoms with Gasteiger partial charge in [-0.1, -0.05) is 24.3 Å². The quantitative estimate of drug-likeness (QED) is 0.664. The second-order valence-corrected chi connectivity index (χ2v) is 7.52. The fourth-order valence-corrected chi connectivity index (χ4v) is 3.94. The van der Waals surface area contributed by atoms with E-state index in [1.54, 1.807) is 24.1 Å². The lowest BCUT2D eigenvalue weighted by atomic mass is 9.83. The van der Waals surface area contributed by atoms with Crippen molar-refractivity contribution in [2.75, 3.05) is 26.9 Å². The van der Waals surface area contributed by atoms with E-state index in [0.717, 1.165) is 16.9 Å². The first kappa shape index (κ1) is 22.7. The first-order valence-electron chi connectivity index (χ1n) is 10.6. The van der Waals surface area contributed by atoms with E-state index in [1.165, 1.54) is 12.1 Å². The molecule has 2 aromatic rings. The second kappa shape index (κ2) is 10.9. The molecule has 1 saturated heterocycles. The summed E-state index contributed by atoms with van der Waals surface area (Å²) in [5, 5.41) is 3.00. The average molecular weight is 429 g/mol. The summed E-state index contributed by atoms with van der Waals surface area (Å²) in [7, 11) is 1.57. The van der Waals surface area contributed by atoms with Crippen LogP contribution in [0.5, 0.6) is 5.75 Å². The minimum absolute atomic E-state index is 0.0260. The molecule has 3 rings (SSSR count). The van der Waals surface area contributed by atoms with Crippen LogP contribution in [-0.2, 0) is 20.9 Å². The first-order chi connectivity index (χ1) is 15.0. The zero-order chi connectivity index (χ0) is 22.2. The molecule has 0 bridgehead atoms. The molecule has 7 heteroatoms. The Hall–Kier alpha value is -2.93. The van der Waals surface area contributed by atoms with Crippen molar-refractivity contribution in [1.82, 2.24) is 10.2 Å². The Labute approximate surface area is 182 Å². The summed E-state index contributed by atoms with van der Waals surface area (Å²) in [5.41, 5.74) is 1.70. The lowest BCUT2D eigenvalue weighted by Gasteiger charge is -2.40. The molecule has 166 valence electrons. The predicted molar refractivity (Wildman–Crippen MR) is 115 cm³/mol. The summed E-state index contributed by atoms with van der Waals surface area (Å²) in [5.74, 6) is -0.151. The van der Waals surface area contributed by atoms with E-state index in [-0.39, 0.29) is 17.6 Å². The summed E-state index contributed by atoms with van der Waals surface area (Å²) >= 11 is 0. The third-order valence-electron chi connectivity index (χ3n) is 5.49. The van der Waals surface area contributed by atoms with Gasteiger partial charge in [0, 0.05) is 26.6 Å². The van der Waals surface area contributed by atoms with Crippen LogP contribution in [0.4, 0.5) is 4.39 Å². The lowest BCUT2D eigenvalue weighted by molar-refractivity contribution is -0.144. The van der Waals surface area contributed by atoms with Gasteiger partial charge in [-0.15, -0.1) is 0 Å². The number of likely N-dealkylation sites (tertiary alicyclic amines) is 1. The number of halogens is 1. The van der Waals surface area contributed by atoms with Gasteiger partial charge >= 0.3 is 0 Å². The fourth-order valence-electron chi connectivity index (χ4n) is 3.94. The van der Waals surface area contributed by atoms with E-state index in [9.17, 15) is 14.0 Å². The molecule has 6 nitrogen and oxygen atoms in total. The molecular weight excluding hydrogens is 399 g/mol. The highest BCUT2D eigenvalue weighted by molar-refractivity contribution is 5.85. The van der Waals surface area contributed by atoms with E-state index in [2.05, 4.69) is 5.32 Å². The van der Waals surface area contributed by atoms with Gasteiger partial charge in [0.15, 0.2) is 0 Å². The van der Waals surface area contributed by atoms with Crippen LogP contribution < -0.4 is 10.1 Å². The number of carbonyl (C=O) groups excluding carboxylic acids is 2. The Morgan fingerprint density at radius 2 is 1.87 bits per heavy atom. The van der Waals surface area contributed by atoms with Crippen molar-refractivity contribution in [3.8, 4) is 5.75 Å². The van der Waals surface area contributed by atoms with Crippen molar-refractivity contribution in [3.05, 3.63) is 65.5 Å². The molecule has 1 aliphatic heterocycles. The Kier molecular flexibility index (Phi) is 8.00. The molecule has 1 heterocycles. The predicted octanol–water partition coefficient (Wildman–Crippen LogP) is 3.47. The number of benzene rings is 2. The largest absolute Gasteiger partial charge is 0.494 e. The molecular formula is C24H29FN2O4. The Bertz CT molecular complexity index is 870. The molecule has 0 radical (unpaired) electrons. The van der Waals surface area contributed by atoms with Crippen molar-refractivity contribution in [3.63, 3.8) is 0 Å². The Morgan fingerprint density at radius 1 is 1.16 bits per heavy atom. The van der Waals surface area contributed by atoms with E-state index in [1.807, 2.05) is 31.2 Å². The van der Waals surface area contributed by atoms with Crippen LogP contribution in [0.1, 0.15) is 36.9 Å². The van der Waals surface area contributed by atoms with Crippen molar-refractivity contribution < 1.29 is 23.5 Å². The maximum atomic E-state index is 13.5. The van der Waals surface area contributed by atoms with E-state index in [0.29, 0.717) is 39.1 Å². The summed E-state index contributed by atoms with van der Waals surface area (Å²) in [4.78, 5) is 27.5. The van der Waals surface area contributed by atoms with Crippen LogP contribution in [0.3, 0.4) is 0 Å². The zero-order valence-electron chi connectivity index (χ0n) is 18.0. The number of hydrogen-bond donors (Lipinski definition) is 1. The number of methoxy groups -OCH3 is 1. The molecule has 0 aromatic heterocycles. The number of nitrogens with zero attached hydrogens (tertiary/aromatic N) is 1. The SMILES string of the molecule is CCOc1ccc(CNC(=O)[C@@H]2CCC(=O)N(CCOC)[C@H]2c2ccc(F)cc2)cc1. The maximum absolute atomic E-state index is 13.5. The maximum Gasteiger partial charge on any atom is 0.225 e. The Morgan fingerprint density at radius 3 is 2.52 bits per heavy atom. The molecule has 1 N–H and O–H groups in total.